The number of rotatable bonds is 1. The second kappa shape index (κ2) is 11.1. The first-order valence-electron chi connectivity index (χ1n) is 14.8. The van der Waals surface area contributed by atoms with Crippen LogP contribution in [0.2, 0.25) is 0 Å². The number of nitrogens with one attached hydrogen (secondary N) is 2. The lowest BCUT2D eigenvalue weighted by Crippen LogP contribution is -2.41. The van der Waals surface area contributed by atoms with Crippen molar-refractivity contribution in [2.75, 3.05) is 31.5 Å². The zero-order valence-electron chi connectivity index (χ0n) is 23.7. The molecule has 220 valence electrons. The lowest BCUT2D eigenvalue weighted by molar-refractivity contribution is -0.121. The van der Waals surface area contributed by atoms with Gasteiger partial charge in [-0.25, -0.2) is 18.7 Å². The van der Waals surface area contributed by atoms with E-state index in [4.69, 9.17) is 0 Å². The van der Waals surface area contributed by atoms with E-state index in [0.29, 0.717) is 92.8 Å². The van der Waals surface area contributed by atoms with Gasteiger partial charge >= 0.3 is 0 Å². The minimum atomic E-state index is -2.99. The molecule has 3 aromatic rings. The van der Waals surface area contributed by atoms with Crippen molar-refractivity contribution >= 4 is 22.8 Å². The van der Waals surface area contributed by atoms with Crippen molar-refractivity contribution in [3.63, 3.8) is 0 Å². The van der Waals surface area contributed by atoms with Crippen molar-refractivity contribution in [1.29, 1.82) is 5.26 Å². The normalized spacial score (nSPS) is 25.6. The number of aryl methyl sites for hydroxylation is 1. The van der Waals surface area contributed by atoms with Crippen LogP contribution >= 0.6 is 0 Å². The Balaban J connectivity index is 1.41. The van der Waals surface area contributed by atoms with E-state index in [1.807, 2.05) is 13.0 Å². The molecule has 1 saturated carbocycles. The number of anilines is 1. The number of aromatic nitrogens is 3. The Morgan fingerprint density at radius 3 is 2.60 bits per heavy atom. The molecule has 3 aliphatic heterocycles. The SMILES string of the molecule is C[C@H]1Nc2ncnc3c2cc(C2(C#N)CC2)c(=O)n3CCCNC(=O)CCN2CCC(CC2)C(F)(F)c2cccc1c2. The van der Waals surface area contributed by atoms with Crippen LogP contribution in [0.3, 0.4) is 0 Å². The third-order valence-electron chi connectivity index (χ3n) is 9.12. The molecule has 11 heteroatoms. The summed E-state index contributed by atoms with van der Waals surface area (Å²) in [6.45, 7) is 4.14. The Bertz CT molecular complexity index is 1600. The smallest absolute Gasteiger partial charge is 0.276 e. The molecular formula is C31H35F2N7O2. The van der Waals surface area contributed by atoms with Crippen molar-refractivity contribution < 1.29 is 13.6 Å². The van der Waals surface area contributed by atoms with Crippen molar-refractivity contribution in [2.24, 2.45) is 5.92 Å². The number of halogens is 2. The average molecular weight is 576 g/mol. The molecule has 4 aliphatic rings. The maximum Gasteiger partial charge on any atom is 0.276 e. The van der Waals surface area contributed by atoms with E-state index < -0.39 is 17.3 Å². The third kappa shape index (κ3) is 5.24. The summed E-state index contributed by atoms with van der Waals surface area (Å²) in [7, 11) is 0. The van der Waals surface area contributed by atoms with E-state index in [2.05, 4.69) is 31.6 Å². The highest BCUT2D eigenvalue weighted by atomic mass is 19.3. The van der Waals surface area contributed by atoms with E-state index in [1.54, 1.807) is 22.8 Å². The quantitative estimate of drug-likeness (QED) is 0.446. The second-order valence-corrected chi connectivity index (χ2v) is 11.9. The summed E-state index contributed by atoms with van der Waals surface area (Å²) in [4.78, 5) is 37.2. The van der Waals surface area contributed by atoms with Gasteiger partial charge in [0.2, 0.25) is 5.91 Å². The van der Waals surface area contributed by atoms with Crippen LogP contribution in [0.15, 0.2) is 41.5 Å². The molecule has 0 spiro atoms. The number of piperidine rings is 1. The minimum Gasteiger partial charge on any atom is -0.363 e. The van der Waals surface area contributed by atoms with Gasteiger partial charge in [-0.1, -0.05) is 18.2 Å². The maximum atomic E-state index is 15.8. The van der Waals surface area contributed by atoms with Crippen LogP contribution in [0.4, 0.5) is 14.6 Å². The monoisotopic (exact) mass is 575 g/mol. The van der Waals surface area contributed by atoms with Gasteiger partial charge in [-0.15, -0.1) is 0 Å². The number of nitrogens with zero attached hydrogens (tertiary/aromatic N) is 5. The molecule has 42 heavy (non-hydrogen) atoms. The Morgan fingerprint density at radius 2 is 1.86 bits per heavy atom. The summed E-state index contributed by atoms with van der Waals surface area (Å²) in [6, 6.07) is 10.2. The molecule has 2 aromatic heterocycles. The highest BCUT2D eigenvalue weighted by Crippen LogP contribution is 2.47. The number of hydrogen-bond donors (Lipinski definition) is 2. The molecule has 0 unspecified atom stereocenters. The fraction of sp³-hybridized carbons (Fsp3) is 0.516. The van der Waals surface area contributed by atoms with Gasteiger partial charge in [-0.05, 0) is 69.8 Å². The molecule has 2 fully saturated rings. The maximum absolute atomic E-state index is 15.8. The second-order valence-electron chi connectivity index (χ2n) is 11.9. The molecule has 5 heterocycles. The Hall–Kier alpha value is -3.91. The first-order valence-corrected chi connectivity index (χ1v) is 14.8. The summed E-state index contributed by atoms with van der Waals surface area (Å²) in [5.74, 6) is -3.41. The zero-order valence-corrected chi connectivity index (χ0v) is 23.7. The van der Waals surface area contributed by atoms with Gasteiger partial charge in [0.1, 0.15) is 17.8 Å². The van der Waals surface area contributed by atoms with Crippen LogP contribution in [0.5, 0.6) is 0 Å². The number of fused-ring (bicyclic) bond motifs is 9. The Morgan fingerprint density at radius 1 is 1.07 bits per heavy atom. The summed E-state index contributed by atoms with van der Waals surface area (Å²) in [5, 5.41) is 16.8. The molecule has 1 saturated heterocycles. The van der Waals surface area contributed by atoms with Gasteiger partial charge in [-0.3, -0.25) is 14.2 Å². The average Bonchev–Trinajstić information content (AvgIpc) is 3.80. The van der Waals surface area contributed by atoms with E-state index in [-0.39, 0.29) is 29.5 Å². The topological polar surface area (TPSA) is 116 Å². The number of hydrogen-bond acceptors (Lipinski definition) is 7. The molecule has 7 rings (SSSR count). The Kier molecular flexibility index (Phi) is 7.43. The molecule has 1 aliphatic carbocycles. The molecule has 9 nitrogen and oxygen atoms in total. The first kappa shape index (κ1) is 28.2. The predicted octanol–water partition coefficient (Wildman–Crippen LogP) is 4.23. The van der Waals surface area contributed by atoms with Gasteiger partial charge in [0.25, 0.3) is 11.5 Å². The predicted molar refractivity (Wildman–Crippen MR) is 154 cm³/mol. The van der Waals surface area contributed by atoms with Crippen molar-refractivity contribution in [2.45, 2.75) is 69.4 Å². The number of alkyl halides is 2. The van der Waals surface area contributed by atoms with Crippen LogP contribution < -0.4 is 16.2 Å². The lowest BCUT2D eigenvalue weighted by Gasteiger charge is -2.36. The van der Waals surface area contributed by atoms with Crippen molar-refractivity contribution in [3.8, 4) is 6.07 Å². The molecular weight excluding hydrogens is 540 g/mol. The molecule has 8 bridgehead atoms. The zero-order chi connectivity index (χ0) is 29.5. The van der Waals surface area contributed by atoms with E-state index >= 15 is 8.78 Å². The summed E-state index contributed by atoms with van der Waals surface area (Å²) < 4.78 is 33.1. The number of benzene rings is 1. The number of carbonyl (C=O) groups is 1. The summed E-state index contributed by atoms with van der Waals surface area (Å²) >= 11 is 0. The third-order valence-corrected chi connectivity index (χ3v) is 9.12. The Labute approximate surface area is 242 Å². The fourth-order valence-electron chi connectivity index (χ4n) is 6.29. The molecule has 0 radical (unpaired) electrons. The van der Waals surface area contributed by atoms with Crippen molar-refractivity contribution in [1.82, 2.24) is 24.8 Å². The van der Waals surface area contributed by atoms with E-state index in [0.717, 1.165) is 0 Å². The molecule has 2 N–H and O–H groups in total. The van der Waals surface area contributed by atoms with Gasteiger partial charge in [-0.2, -0.15) is 5.26 Å². The fourth-order valence-corrected chi connectivity index (χ4v) is 6.29. The van der Waals surface area contributed by atoms with Crippen molar-refractivity contribution in [3.05, 3.63) is 63.7 Å². The number of pyridine rings is 1. The van der Waals surface area contributed by atoms with Gasteiger partial charge in [0, 0.05) is 49.1 Å². The molecule has 1 amide bonds. The minimum absolute atomic E-state index is 0.00858. The van der Waals surface area contributed by atoms with E-state index in [1.165, 1.54) is 12.4 Å². The van der Waals surface area contributed by atoms with Crippen LogP contribution in [0.1, 0.15) is 68.2 Å². The summed E-state index contributed by atoms with van der Waals surface area (Å²) in [6.07, 6.45) is 4.09. The number of amides is 1. The van der Waals surface area contributed by atoms with Gasteiger partial charge < -0.3 is 15.5 Å². The lowest BCUT2D eigenvalue weighted by atomic mass is 9.85. The number of nitriles is 1. The highest BCUT2D eigenvalue weighted by Gasteiger charge is 2.47. The van der Waals surface area contributed by atoms with Gasteiger partial charge in [0.05, 0.1) is 16.9 Å². The number of carbonyl (C=O) groups excluding carboxylic acids is 1. The first-order chi connectivity index (χ1) is 20.2. The standard InChI is InChI=1S/C31H35F2N7O2/c1-20-21-4-2-5-23(16-21)31(32,33)22-6-13-39(14-7-22)15-8-26(41)35-11-3-12-40-28-24(27(38-20)36-19-37-28)17-25(29(40)42)30(18-34)9-10-30/h2,4-5,16-17,19-20,22H,3,6-15H2,1H3,(H,35,41)(H,36,37,38)/t20-/m1/s1. The highest BCUT2D eigenvalue weighted by molar-refractivity contribution is 5.87. The van der Waals surface area contributed by atoms with E-state index in [9.17, 15) is 14.9 Å². The summed E-state index contributed by atoms with van der Waals surface area (Å²) in [5.41, 5.74) is 0.422. The van der Waals surface area contributed by atoms with Gasteiger partial charge in [0.15, 0.2) is 0 Å². The van der Waals surface area contributed by atoms with Crippen LogP contribution in [0, 0.1) is 17.2 Å². The van der Waals surface area contributed by atoms with Crippen LogP contribution in [-0.2, 0) is 22.7 Å². The van der Waals surface area contributed by atoms with Crippen LogP contribution in [0.25, 0.3) is 11.0 Å². The van der Waals surface area contributed by atoms with Crippen LogP contribution in [-0.4, -0.2) is 51.5 Å². The molecule has 1 aromatic carbocycles. The molecule has 1 atom stereocenters. The largest absolute Gasteiger partial charge is 0.363 e.